The largest absolute Gasteiger partial charge is 0.350 e. The Hall–Kier alpha value is -1.39. The van der Waals surface area contributed by atoms with Crippen LogP contribution in [0.1, 0.15) is 24.3 Å². The molecule has 1 N–H and O–H groups in total. The van der Waals surface area contributed by atoms with Gasteiger partial charge in [-0.15, -0.1) is 0 Å². The van der Waals surface area contributed by atoms with Gasteiger partial charge >= 0.3 is 0 Å². The van der Waals surface area contributed by atoms with Gasteiger partial charge in [0.2, 0.25) is 0 Å². The van der Waals surface area contributed by atoms with Crippen molar-refractivity contribution >= 4 is 5.91 Å². The lowest BCUT2D eigenvalue weighted by atomic mass is 10.2. The predicted molar refractivity (Wildman–Crippen MR) is 41.5 cm³/mol. The van der Waals surface area contributed by atoms with Crippen molar-refractivity contribution in [3.8, 4) is 0 Å². The Labute approximate surface area is 70.1 Å². The zero-order valence-corrected chi connectivity index (χ0v) is 7.07. The van der Waals surface area contributed by atoms with E-state index in [1.807, 2.05) is 13.8 Å². The van der Waals surface area contributed by atoms with Gasteiger partial charge in [-0.2, -0.15) is 0 Å². The van der Waals surface area contributed by atoms with E-state index in [0.29, 0.717) is 12.5 Å². The van der Waals surface area contributed by atoms with Gasteiger partial charge in [0.25, 0.3) is 5.91 Å². The molecule has 1 amide bonds. The maximum absolute atomic E-state index is 11.1. The molecule has 5 heteroatoms. The normalized spacial score (nSPS) is 10.2. The fourth-order valence-electron chi connectivity index (χ4n) is 0.652. The molecule has 1 aromatic heterocycles. The van der Waals surface area contributed by atoms with E-state index < -0.39 is 0 Å². The molecule has 0 radical (unpaired) electrons. The summed E-state index contributed by atoms with van der Waals surface area (Å²) in [5.41, 5.74) is 0.218. The summed E-state index contributed by atoms with van der Waals surface area (Å²) < 4.78 is 4.28. The molecule has 0 aliphatic heterocycles. The monoisotopic (exact) mass is 169 g/mol. The van der Waals surface area contributed by atoms with E-state index in [0.717, 1.165) is 0 Å². The molecule has 0 fully saturated rings. The van der Waals surface area contributed by atoms with Crippen molar-refractivity contribution in [2.75, 3.05) is 6.54 Å². The highest BCUT2D eigenvalue weighted by atomic mass is 16.6. The van der Waals surface area contributed by atoms with Crippen LogP contribution in [0, 0.1) is 5.92 Å². The van der Waals surface area contributed by atoms with Crippen molar-refractivity contribution in [2.24, 2.45) is 5.92 Å². The molecule has 0 unspecified atom stereocenters. The first-order valence-electron chi connectivity index (χ1n) is 3.76. The summed E-state index contributed by atoms with van der Waals surface area (Å²) in [5, 5.41) is 9.40. The summed E-state index contributed by atoms with van der Waals surface area (Å²) in [5.74, 6) is 0.179. The van der Waals surface area contributed by atoms with Crippen LogP contribution in [0.3, 0.4) is 0 Å². The second-order valence-corrected chi connectivity index (χ2v) is 2.90. The number of nitrogens with one attached hydrogen (secondary N) is 1. The van der Waals surface area contributed by atoms with Gasteiger partial charge in [-0.25, -0.2) is 4.63 Å². The van der Waals surface area contributed by atoms with Crippen LogP contribution in [-0.4, -0.2) is 22.8 Å². The van der Waals surface area contributed by atoms with E-state index in [9.17, 15) is 4.79 Å². The Morgan fingerprint density at radius 2 is 2.50 bits per heavy atom. The molecule has 0 spiro atoms. The van der Waals surface area contributed by atoms with Gasteiger partial charge in [0.1, 0.15) is 6.20 Å². The van der Waals surface area contributed by atoms with Gasteiger partial charge in [-0.3, -0.25) is 4.79 Å². The minimum absolute atomic E-state index is 0.218. The number of rotatable bonds is 3. The van der Waals surface area contributed by atoms with E-state index in [-0.39, 0.29) is 11.6 Å². The Bertz CT molecular complexity index is 243. The van der Waals surface area contributed by atoms with Gasteiger partial charge in [0.05, 0.1) is 0 Å². The number of aromatic nitrogens is 2. The van der Waals surface area contributed by atoms with Crippen LogP contribution in [0.5, 0.6) is 0 Å². The Morgan fingerprint density at radius 3 is 3.00 bits per heavy atom. The quantitative estimate of drug-likeness (QED) is 0.713. The van der Waals surface area contributed by atoms with Crippen molar-refractivity contribution in [3.05, 3.63) is 11.9 Å². The SMILES string of the molecule is CC(C)CNC(=O)c1cnon1. The predicted octanol–water partition coefficient (Wildman–Crippen LogP) is 0.455. The van der Waals surface area contributed by atoms with Crippen molar-refractivity contribution in [1.82, 2.24) is 15.6 Å². The molecule has 0 bridgehead atoms. The first kappa shape index (κ1) is 8.70. The summed E-state index contributed by atoms with van der Waals surface area (Å²) in [7, 11) is 0. The molecule has 1 heterocycles. The Balaban J connectivity index is 2.40. The fraction of sp³-hybridized carbons (Fsp3) is 0.571. The third kappa shape index (κ3) is 2.34. The number of nitrogens with zero attached hydrogens (tertiary/aromatic N) is 2. The van der Waals surface area contributed by atoms with Gasteiger partial charge < -0.3 is 5.32 Å². The van der Waals surface area contributed by atoms with Crippen LogP contribution in [-0.2, 0) is 0 Å². The minimum atomic E-state index is -0.245. The average molecular weight is 169 g/mol. The summed E-state index contributed by atoms with van der Waals surface area (Å²) in [6.07, 6.45) is 1.29. The summed E-state index contributed by atoms with van der Waals surface area (Å²) in [6, 6.07) is 0. The number of carbonyl (C=O) groups is 1. The van der Waals surface area contributed by atoms with Crippen LogP contribution in [0.25, 0.3) is 0 Å². The number of hydrogen-bond donors (Lipinski definition) is 1. The summed E-state index contributed by atoms with van der Waals surface area (Å²) >= 11 is 0. The Morgan fingerprint density at radius 1 is 1.75 bits per heavy atom. The number of carbonyl (C=O) groups excluding carboxylic acids is 1. The molecule has 5 nitrogen and oxygen atoms in total. The van der Waals surface area contributed by atoms with Crippen LogP contribution < -0.4 is 5.32 Å². The fourth-order valence-corrected chi connectivity index (χ4v) is 0.652. The molecule has 1 rings (SSSR count). The lowest BCUT2D eigenvalue weighted by molar-refractivity contribution is 0.0939. The van der Waals surface area contributed by atoms with Gasteiger partial charge in [0.15, 0.2) is 5.69 Å². The zero-order chi connectivity index (χ0) is 8.97. The van der Waals surface area contributed by atoms with Crippen LogP contribution in [0.15, 0.2) is 10.8 Å². The van der Waals surface area contributed by atoms with Crippen molar-refractivity contribution in [2.45, 2.75) is 13.8 Å². The van der Waals surface area contributed by atoms with Gasteiger partial charge in [-0.05, 0) is 11.1 Å². The summed E-state index contributed by atoms with van der Waals surface area (Å²) in [6.45, 7) is 4.66. The standard InChI is InChI=1S/C7H11N3O2/c1-5(2)3-8-7(11)6-4-9-12-10-6/h4-5H,3H2,1-2H3,(H,8,11). The van der Waals surface area contributed by atoms with Crippen LogP contribution in [0.4, 0.5) is 0 Å². The van der Waals surface area contributed by atoms with E-state index >= 15 is 0 Å². The van der Waals surface area contributed by atoms with E-state index in [4.69, 9.17) is 0 Å². The molecule has 0 aliphatic rings. The lowest BCUT2D eigenvalue weighted by Gasteiger charge is -2.04. The molecule has 1 aromatic rings. The summed E-state index contributed by atoms with van der Waals surface area (Å²) in [4.78, 5) is 11.1. The maximum atomic E-state index is 11.1. The third-order valence-corrected chi connectivity index (χ3v) is 1.26. The molecule has 0 saturated carbocycles. The maximum Gasteiger partial charge on any atom is 0.275 e. The molecule has 66 valence electrons. The first-order valence-corrected chi connectivity index (χ1v) is 3.76. The second kappa shape index (κ2) is 3.85. The van der Waals surface area contributed by atoms with Gasteiger partial charge in [-0.1, -0.05) is 19.0 Å². The molecule has 0 aliphatic carbocycles. The minimum Gasteiger partial charge on any atom is -0.350 e. The van der Waals surface area contributed by atoms with Crippen molar-refractivity contribution < 1.29 is 9.42 Å². The van der Waals surface area contributed by atoms with Crippen LogP contribution >= 0.6 is 0 Å². The average Bonchev–Trinajstić information content (AvgIpc) is 2.51. The highest BCUT2D eigenvalue weighted by Crippen LogP contribution is 1.92. The van der Waals surface area contributed by atoms with E-state index in [1.165, 1.54) is 6.20 Å². The third-order valence-electron chi connectivity index (χ3n) is 1.26. The smallest absolute Gasteiger partial charge is 0.275 e. The highest BCUT2D eigenvalue weighted by Gasteiger charge is 2.08. The number of hydrogen-bond acceptors (Lipinski definition) is 4. The molecule has 0 atom stereocenters. The molecular weight excluding hydrogens is 158 g/mol. The highest BCUT2D eigenvalue weighted by molar-refractivity contribution is 5.91. The molecule has 0 saturated heterocycles. The van der Waals surface area contributed by atoms with Gasteiger partial charge in [0, 0.05) is 6.54 Å². The topological polar surface area (TPSA) is 68.0 Å². The first-order chi connectivity index (χ1) is 5.70. The van der Waals surface area contributed by atoms with Crippen molar-refractivity contribution in [3.63, 3.8) is 0 Å². The molecular formula is C7H11N3O2. The molecule has 0 aromatic carbocycles. The van der Waals surface area contributed by atoms with E-state index in [1.54, 1.807) is 0 Å². The van der Waals surface area contributed by atoms with Crippen molar-refractivity contribution in [1.29, 1.82) is 0 Å². The number of amides is 1. The lowest BCUT2D eigenvalue weighted by Crippen LogP contribution is -2.27. The molecule has 12 heavy (non-hydrogen) atoms. The second-order valence-electron chi connectivity index (χ2n) is 2.90. The zero-order valence-electron chi connectivity index (χ0n) is 7.07. The van der Waals surface area contributed by atoms with Crippen LogP contribution in [0.2, 0.25) is 0 Å². The Kier molecular flexibility index (Phi) is 2.79. The van der Waals surface area contributed by atoms with E-state index in [2.05, 4.69) is 20.3 Å².